The maximum atomic E-state index is 12.3. The molecule has 0 spiro atoms. The molecule has 29 heavy (non-hydrogen) atoms. The van der Waals surface area contributed by atoms with E-state index in [2.05, 4.69) is 21.7 Å². The summed E-state index contributed by atoms with van der Waals surface area (Å²) in [7, 11) is 0. The minimum absolute atomic E-state index is 0.223. The number of hydrogen-bond acceptors (Lipinski definition) is 4. The molecule has 1 heterocycles. The van der Waals surface area contributed by atoms with Crippen molar-refractivity contribution in [3.05, 3.63) is 94.5 Å². The van der Waals surface area contributed by atoms with Crippen molar-refractivity contribution in [2.75, 3.05) is 5.32 Å². The lowest BCUT2D eigenvalue weighted by Gasteiger charge is -2.10. The number of nitrogens with zero attached hydrogens (tertiary/aromatic N) is 1. The highest BCUT2D eigenvalue weighted by molar-refractivity contribution is 7.80. The molecule has 6 heteroatoms. The van der Waals surface area contributed by atoms with Crippen LogP contribution in [0.2, 0.25) is 0 Å². The number of thiocarbonyl (C=S) groups is 1. The summed E-state index contributed by atoms with van der Waals surface area (Å²) < 4.78 is 1.20. The lowest BCUT2D eigenvalue weighted by Crippen LogP contribution is -2.34. The summed E-state index contributed by atoms with van der Waals surface area (Å²) in [6, 6.07) is 23.5. The van der Waals surface area contributed by atoms with Crippen LogP contribution in [0.3, 0.4) is 0 Å². The zero-order valence-corrected chi connectivity index (χ0v) is 17.4. The van der Waals surface area contributed by atoms with E-state index in [0.29, 0.717) is 5.56 Å². The molecule has 0 atom stereocenters. The van der Waals surface area contributed by atoms with Gasteiger partial charge in [0.15, 0.2) is 5.11 Å². The van der Waals surface area contributed by atoms with Crippen LogP contribution in [-0.4, -0.2) is 16.0 Å². The quantitative estimate of drug-likeness (QED) is 0.441. The molecule has 4 nitrogen and oxygen atoms in total. The minimum atomic E-state index is -0.223. The van der Waals surface area contributed by atoms with Gasteiger partial charge in [0.2, 0.25) is 0 Å². The monoisotopic (exact) mass is 417 g/mol. The molecule has 0 aliphatic carbocycles. The van der Waals surface area contributed by atoms with Gasteiger partial charge in [-0.3, -0.25) is 10.1 Å². The van der Waals surface area contributed by atoms with E-state index in [1.807, 2.05) is 67.6 Å². The number of nitrogens with one attached hydrogen (secondary N) is 2. The molecule has 3 aromatic carbocycles. The Labute approximate surface area is 178 Å². The predicted molar refractivity (Wildman–Crippen MR) is 124 cm³/mol. The van der Waals surface area contributed by atoms with Gasteiger partial charge in [-0.2, -0.15) is 0 Å². The molecule has 144 valence electrons. The third kappa shape index (κ3) is 4.85. The second-order valence-electron chi connectivity index (χ2n) is 6.73. The van der Waals surface area contributed by atoms with E-state index in [1.54, 1.807) is 17.4 Å². The fourth-order valence-corrected chi connectivity index (χ4v) is 4.21. The van der Waals surface area contributed by atoms with Crippen molar-refractivity contribution in [2.45, 2.75) is 13.3 Å². The third-order valence-corrected chi connectivity index (χ3v) is 5.65. The Bertz CT molecular complexity index is 1150. The number of carbonyl (C=O) groups is 1. The molecule has 4 rings (SSSR count). The minimum Gasteiger partial charge on any atom is -0.332 e. The molecule has 4 aromatic rings. The van der Waals surface area contributed by atoms with Crippen LogP contribution in [0, 0.1) is 6.92 Å². The van der Waals surface area contributed by atoms with Crippen LogP contribution in [0.5, 0.6) is 0 Å². The number of fused-ring (bicyclic) bond motifs is 1. The van der Waals surface area contributed by atoms with Crippen molar-refractivity contribution >= 4 is 50.5 Å². The average Bonchev–Trinajstić information content (AvgIpc) is 3.11. The number of amides is 1. The molecule has 0 saturated heterocycles. The van der Waals surface area contributed by atoms with Crippen molar-refractivity contribution in [2.24, 2.45) is 0 Å². The van der Waals surface area contributed by atoms with E-state index in [0.717, 1.165) is 28.2 Å². The van der Waals surface area contributed by atoms with Crippen LogP contribution in [0.1, 0.15) is 26.5 Å². The molecule has 0 aliphatic rings. The van der Waals surface area contributed by atoms with Gasteiger partial charge in [0.1, 0.15) is 0 Å². The maximum Gasteiger partial charge on any atom is 0.257 e. The first-order valence-corrected chi connectivity index (χ1v) is 10.4. The number of benzene rings is 3. The van der Waals surface area contributed by atoms with Crippen LogP contribution < -0.4 is 10.6 Å². The highest BCUT2D eigenvalue weighted by Gasteiger charge is 2.09. The Kier molecular flexibility index (Phi) is 5.64. The second-order valence-corrected chi connectivity index (χ2v) is 8.25. The summed E-state index contributed by atoms with van der Waals surface area (Å²) in [4.78, 5) is 17.0. The first kappa shape index (κ1) is 19.2. The van der Waals surface area contributed by atoms with Crippen LogP contribution in [0.25, 0.3) is 10.2 Å². The molecule has 0 fully saturated rings. The van der Waals surface area contributed by atoms with Crippen molar-refractivity contribution in [3.63, 3.8) is 0 Å². The molecular weight excluding hydrogens is 398 g/mol. The number of aromatic nitrogens is 1. The fraction of sp³-hybridized carbons (Fsp3) is 0.0870. The largest absolute Gasteiger partial charge is 0.332 e. The Morgan fingerprint density at radius 1 is 1.03 bits per heavy atom. The van der Waals surface area contributed by atoms with Gasteiger partial charge in [-0.25, -0.2) is 4.98 Å². The molecule has 1 aromatic heterocycles. The number of carbonyl (C=O) groups excluding carboxylic acids is 1. The van der Waals surface area contributed by atoms with E-state index in [4.69, 9.17) is 12.2 Å². The highest BCUT2D eigenvalue weighted by Crippen LogP contribution is 2.24. The molecule has 0 aliphatic heterocycles. The number of rotatable bonds is 4. The van der Waals surface area contributed by atoms with E-state index in [1.165, 1.54) is 10.3 Å². The number of aryl methyl sites for hydroxylation is 1. The molecular formula is C23H19N3OS2. The van der Waals surface area contributed by atoms with E-state index in [9.17, 15) is 4.79 Å². The molecule has 1 amide bonds. The van der Waals surface area contributed by atoms with Crippen molar-refractivity contribution in [3.8, 4) is 0 Å². The van der Waals surface area contributed by atoms with Crippen LogP contribution in [0.4, 0.5) is 5.69 Å². The Morgan fingerprint density at radius 3 is 2.59 bits per heavy atom. The molecule has 0 bridgehead atoms. The smallest absolute Gasteiger partial charge is 0.257 e. The van der Waals surface area contributed by atoms with Gasteiger partial charge in [0, 0.05) is 17.7 Å². The highest BCUT2D eigenvalue weighted by atomic mass is 32.1. The van der Waals surface area contributed by atoms with Gasteiger partial charge in [-0.1, -0.05) is 42.0 Å². The Balaban J connectivity index is 1.36. The second kappa shape index (κ2) is 8.51. The van der Waals surface area contributed by atoms with Gasteiger partial charge >= 0.3 is 0 Å². The van der Waals surface area contributed by atoms with Gasteiger partial charge in [-0.15, -0.1) is 11.3 Å². The van der Waals surface area contributed by atoms with Gasteiger partial charge in [-0.05, 0) is 61.1 Å². The van der Waals surface area contributed by atoms with Gasteiger partial charge in [0.25, 0.3) is 5.91 Å². The third-order valence-electron chi connectivity index (χ3n) is 4.41. The fourth-order valence-electron chi connectivity index (χ4n) is 3.00. The number of hydrogen-bond donors (Lipinski definition) is 2. The molecule has 0 radical (unpaired) electrons. The topological polar surface area (TPSA) is 54.0 Å². The van der Waals surface area contributed by atoms with Crippen LogP contribution in [-0.2, 0) is 6.42 Å². The summed E-state index contributed by atoms with van der Waals surface area (Å²) in [5, 5.41) is 7.13. The zero-order chi connectivity index (χ0) is 20.2. The first-order chi connectivity index (χ1) is 14.1. The number of thiazole rings is 1. The standard InChI is InChI=1S/C23H19N3OS2/c1-15-5-4-6-17(13-15)22(27)26-23(28)24-18-11-9-16(10-12-18)14-21-25-19-7-2-3-8-20(19)29-21/h2-13H,14H2,1H3,(H2,24,26,27,28). The average molecular weight is 418 g/mol. The summed E-state index contributed by atoms with van der Waals surface area (Å²) in [5.41, 5.74) is 4.65. The van der Waals surface area contributed by atoms with Crippen molar-refractivity contribution in [1.29, 1.82) is 0 Å². The van der Waals surface area contributed by atoms with Crippen molar-refractivity contribution in [1.82, 2.24) is 10.3 Å². The molecule has 0 saturated carbocycles. The van der Waals surface area contributed by atoms with E-state index in [-0.39, 0.29) is 11.0 Å². The predicted octanol–water partition coefficient (Wildman–Crippen LogP) is 5.32. The van der Waals surface area contributed by atoms with Crippen LogP contribution in [0.15, 0.2) is 72.8 Å². The lowest BCUT2D eigenvalue weighted by molar-refractivity contribution is 0.0977. The SMILES string of the molecule is Cc1cccc(C(=O)NC(=S)Nc2ccc(Cc3nc4ccccc4s3)cc2)c1. The van der Waals surface area contributed by atoms with Crippen LogP contribution >= 0.6 is 23.6 Å². The first-order valence-electron chi connectivity index (χ1n) is 9.19. The summed E-state index contributed by atoms with van der Waals surface area (Å²) in [6.07, 6.45) is 0.786. The summed E-state index contributed by atoms with van der Waals surface area (Å²) in [5.74, 6) is -0.223. The molecule has 2 N–H and O–H groups in total. The summed E-state index contributed by atoms with van der Waals surface area (Å²) >= 11 is 6.99. The Hall–Kier alpha value is -3.09. The number of para-hydroxylation sites is 1. The lowest BCUT2D eigenvalue weighted by atomic mass is 10.1. The molecule has 0 unspecified atom stereocenters. The normalized spacial score (nSPS) is 10.7. The van der Waals surface area contributed by atoms with Gasteiger partial charge < -0.3 is 5.32 Å². The maximum absolute atomic E-state index is 12.3. The zero-order valence-electron chi connectivity index (χ0n) is 15.8. The summed E-state index contributed by atoms with van der Waals surface area (Å²) in [6.45, 7) is 1.95. The van der Waals surface area contributed by atoms with E-state index >= 15 is 0 Å². The van der Waals surface area contributed by atoms with Gasteiger partial charge in [0.05, 0.1) is 15.2 Å². The van der Waals surface area contributed by atoms with Crippen molar-refractivity contribution < 1.29 is 4.79 Å². The Morgan fingerprint density at radius 2 is 1.83 bits per heavy atom. The number of anilines is 1. The van der Waals surface area contributed by atoms with E-state index < -0.39 is 0 Å².